The van der Waals surface area contributed by atoms with Gasteiger partial charge in [0, 0.05) is 38.6 Å². The third-order valence-corrected chi connectivity index (χ3v) is 5.16. The number of hydrogen-bond donors (Lipinski definition) is 0. The fourth-order valence-electron chi connectivity index (χ4n) is 3.65. The highest BCUT2D eigenvalue weighted by Crippen LogP contribution is 2.23. The van der Waals surface area contributed by atoms with Gasteiger partial charge in [-0.3, -0.25) is 9.69 Å². The summed E-state index contributed by atoms with van der Waals surface area (Å²) in [6, 6.07) is 8.85. The molecule has 1 unspecified atom stereocenters. The van der Waals surface area contributed by atoms with Crippen LogP contribution in [-0.4, -0.2) is 57.0 Å². The molecule has 1 aliphatic heterocycles. The SMILES string of the molecule is Cc1cnc2c(C(=O)N(C)CC3Cc4ccccc4CN3C)cnn2c1. The van der Waals surface area contributed by atoms with E-state index in [-0.39, 0.29) is 5.91 Å². The van der Waals surface area contributed by atoms with Crippen LogP contribution < -0.4 is 0 Å². The molecule has 1 amide bonds. The van der Waals surface area contributed by atoms with E-state index in [0.717, 1.165) is 18.5 Å². The Morgan fingerprint density at radius 1 is 1.27 bits per heavy atom. The molecule has 0 saturated heterocycles. The monoisotopic (exact) mass is 349 g/mol. The van der Waals surface area contributed by atoms with Gasteiger partial charge in [0.05, 0.1) is 6.20 Å². The van der Waals surface area contributed by atoms with Gasteiger partial charge in [0.25, 0.3) is 5.91 Å². The number of aryl methyl sites for hydroxylation is 1. The first-order valence-electron chi connectivity index (χ1n) is 8.85. The van der Waals surface area contributed by atoms with Gasteiger partial charge in [-0.15, -0.1) is 0 Å². The quantitative estimate of drug-likeness (QED) is 0.727. The molecule has 1 atom stereocenters. The van der Waals surface area contributed by atoms with E-state index in [1.54, 1.807) is 21.8 Å². The predicted octanol–water partition coefficient (Wildman–Crippen LogP) is 2.17. The maximum atomic E-state index is 12.9. The van der Waals surface area contributed by atoms with Crippen LogP contribution in [0.4, 0.5) is 0 Å². The van der Waals surface area contributed by atoms with E-state index in [1.807, 2.05) is 20.2 Å². The third kappa shape index (κ3) is 2.97. The molecule has 0 aliphatic carbocycles. The highest BCUT2D eigenvalue weighted by Gasteiger charge is 2.27. The van der Waals surface area contributed by atoms with Crippen LogP contribution in [0.15, 0.2) is 42.9 Å². The Labute approximate surface area is 153 Å². The lowest BCUT2D eigenvalue weighted by Gasteiger charge is -2.36. The first-order chi connectivity index (χ1) is 12.5. The van der Waals surface area contributed by atoms with Crippen molar-refractivity contribution in [2.24, 2.45) is 0 Å². The van der Waals surface area contributed by atoms with Crippen LogP contribution in [0.1, 0.15) is 27.0 Å². The molecule has 0 saturated carbocycles. The number of fused-ring (bicyclic) bond motifs is 2. The molecule has 6 heteroatoms. The van der Waals surface area contributed by atoms with E-state index in [4.69, 9.17) is 0 Å². The van der Waals surface area contributed by atoms with Gasteiger partial charge in [0.2, 0.25) is 0 Å². The number of aromatic nitrogens is 3. The van der Waals surface area contributed by atoms with Crippen LogP contribution in [0.25, 0.3) is 5.65 Å². The molecule has 1 aliphatic rings. The molecule has 6 nitrogen and oxygen atoms in total. The topological polar surface area (TPSA) is 53.7 Å². The first kappa shape index (κ1) is 16.7. The summed E-state index contributed by atoms with van der Waals surface area (Å²) < 4.78 is 1.67. The minimum absolute atomic E-state index is 0.0383. The van der Waals surface area contributed by atoms with Crippen molar-refractivity contribution in [2.45, 2.75) is 25.9 Å². The van der Waals surface area contributed by atoms with Crippen molar-refractivity contribution >= 4 is 11.6 Å². The average molecular weight is 349 g/mol. The van der Waals surface area contributed by atoms with Crippen LogP contribution in [0, 0.1) is 6.92 Å². The Morgan fingerprint density at radius 2 is 2.04 bits per heavy atom. The average Bonchev–Trinajstić information content (AvgIpc) is 3.04. The molecule has 0 radical (unpaired) electrons. The van der Waals surface area contributed by atoms with Crippen molar-refractivity contribution in [1.29, 1.82) is 0 Å². The van der Waals surface area contributed by atoms with Crippen molar-refractivity contribution in [3.63, 3.8) is 0 Å². The minimum Gasteiger partial charge on any atom is -0.340 e. The van der Waals surface area contributed by atoms with Crippen LogP contribution in [0.2, 0.25) is 0 Å². The molecule has 0 N–H and O–H groups in total. The van der Waals surface area contributed by atoms with E-state index in [9.17, 15) is 4.79 Å². The maximum absolute atomic E-state index is 12.9. The van der Waals surface area contributed by atoms with E-state index >= 15 is 0 Å². The normalized spacial score (nSPS) is 17.3. The Balaban J connectivity index is 1.52. The number of nitrogens with zero attached hydrogens (tertiary/aromatic N) is 5. The van der Waals surface area contributed by atoms with Gasteiger partial charge >= 0.3 is 0 Å². The molecular weight excluding hydrogens is 326 g/mol. The number of likely N-dealkylation sites (N-methyl/N-ethyl adjacent to an activating group) is 2. The highest BCUT2D eigenvalue weighted by molar-refractivity contribution is 5.99. The zero-order valence-electron chi connectivity index (χ0n) is 15.4. The van der Waals surface area contributed by atoms with Gasteiger partial charge in [0.15, 0.2) is 5.65 Å². The molecule has 3 aromatic rings. The van der Waals surface area contributed by atoms with E-state index < -0.39 is 0 Å². The number of hydrogen-bond acceptors (Lipinski definition) is 4. The molecule has 4 rings (SSSR count). The Morgan fingerprint density at radius 3 is 2.85 bits per heavy atom. The second-order valence-electron chi connectivity index (χ2n) is 7.19. The van der Waals surface area contributed by atoms with Crippen LogP contribution >= 0.6 is 0 Å². The molecule has 0 spiro atoms. The highest BCUT2D eigenvalue weighted by atomic mass is 16.2. The van der Waals surface area contributed by atoms with E-state index in [1.165, 1.54) is 11.1 Å². The van der Waals surface area contributed by atoms with Gasteiger partial charge in [0.1, 0.15) is 5.56 Å². The number of benzene rings is 1. The largest absolute Gasteiger partial charge is 0.340 e. The van der Waals surface area contributed by atoms with Crippen LogP contribution in [0.3, 0.4) is 0 Å². The van der Waals surface area contributed by atoms with Crippen molar-refractivity contribution in [3.05, 3.63) is 65.1 Å². The molecule has 0 bridgehead atoms. The Hall–Kier alpha value is -2.73. The molecule has 1 aromatic carbocycles. The maximum Gasteiger partial charge on any atom is 0.259 e. The smallest absolute Gasteiger partial charge is 0.259 e. The number of carbonyl (C=O) groups excluding carboxylic acids is 1. The summed E-state index contributed by atoms with van der Waals surface area (Å²) in [5, 5.41) is 4.27. The molecule has 26 heavy (non-hydrogen) atoms. The van der Waals surface area contributed by atoms with Crippen molar-refractivity contribution in [3.8, 4) is 0 Å². The number of rotatable bonds is 3. The third-order valence-electron chi connectivity index (χ3n) is 5.16. The Kier molecular flexibility index (Phi) is 4.20. The van der Waals surface area contributed by atoms with Gasteiger partial charge in [-0.2, -0.15) is 5.10 Å². The summed E-state index contributed by atoms with van der Waals surface area (Å²) in [5.41, 5.74) is 4.92. The predicted molar refractivity (Wildman–Crippen MR) is 100 cm³/mol. The molecule has 134 valence electrons. The fraction of sp³-hybridized carbons (Fsp3) is 0.350. The number of carbonyl (C=O) groups is 1. The van der Waals surface area contributed by atoms with Gasteiger partial charge in [-0.05, 0) is 37.1 Å². The summed E-state index contributed by atoms with van der Waals surface area (Å²) in [6.07, 6.45) is 6.21. The van der Waals surface area contributed by atoms with Crippen molar-refractivity contribution < 1.29 is 4.79 Å². The zero-order valence-corrected chi connectivity index (χ0v) is 15.4. The van der Waals surface area contributed by atoms with Gasteiger partial charge in [-0.1, -0.05) is 24.3 Å². The first-order valence-corrected chi connectivity index (χ1v) is 8.85. The lowest BCUT2D eigenvalue weighted by atomic mass is 9.94. The standard InChI is InChI=1S/C20H23N5O/c1-14-9-21-19-18(10-22-25(19)11-14)20(26)24(3)13-17-8-15-6-4-5-7-16(15)12-23(17)2/h4-7,9-11,17H,8,12-13H2,1-3H3. The zero-order chi connectivity index (χ0) is 18.3. The van der Waals surface area contributed by atoms with Gasteiger partial charge in [-0.25, -0.2) is 9.50 Å². The van der Waals surface area contributed by atoms with Crippen molar-refractivity contribution in [1.82, 2.24) is 24.4 Å². The van der Waals surface area contributed by atoms with Crippen molar-refractivity contribution in [2.75, 3.05) is 20.6 Å². The van der Waals surface area contributed by atoms with E-state index in [2.05, 4.69) is 46.3 Å². The Bertz CT molecular complexity index is 964. The summed E-state index contributed by atoms with van der Waals surface area (Å²) in [6.45, 7) is 3.55. The molecular formula is C20H23N5O. The summed E-state index contributed by atoms with van der Waals surface area (Å²) in [7, 11) is 3.98. The number of amides is 1. The van der Waals surface area contributed by atoms with Gasteiger partial charge < -0.3 is 4.90 Å². The van der Waals surface area contributed by atoms with Crippen LogP contribution in [0.5, 0.6) is 0 Å². The second kappa shape index (κ2) is 6.53. The second-order valence-corrected chi connectivity index (χ2v) is 7.19. The molecule has 2 aromatic heterocycles. The van der Waals surface area contributed by atoms with Crippen LogP contribution in [-0.2, 0) is 13.0 Å². The summed E-state index contributed by atoms with van der Waals surface area (Å²) in [5.74, 6) is -0.0383. The summed E-state index contributed by atoms with van der Waals surface area (Å²) >= 11 is 0. The lowest BCUT2D eigenvalue weighted by molar-refractivity contribution is 0.0735. The fourth-order valence-corrected chi connectivity index (χ4v) is 3.65. The summed E-state index contributed by atoms with van der Waals surface area (Å²) in [4.78, 5) is 21.4. The lowest BCUT2D eigenvalue weighted by Crippen LogP contribution is -2.46. The molecule has 3 heterocycles. The molecule has 0 fully saturated rings. The van der Waals surface area contributed by atoms with E-state index in [0.29, 0.717) is 23.8 Å². The minimum atomic E-state index is -0.0383.